The summed E-state index contributed by atoms with van der Waals surface area (Å²) in [5.41, 5.74) is -0.246. The third-order valence-corrected chi connectivity index (χ3v) is 3.01. The first kappa shape index (κ1) is 12.6. The number of aryl methyl sites for hydroxylation is 1. The van der Waals surface area contributed by atoms with Gasteiger partial charge in [0.25, 0.3) is 5.56 Å². The Morgan fingerprint density at radius 2 is 1.94 bits per heavy atom. The summed E-state index contributed by atoms with van der Waals surface area (Å²) in [7, 11) is 2.99. The van der Waals surface area contributed by atoms with Crippen molar-refractivity contribution in [3.63, 3.8) is 0 Å². The van der Waals surface area contributed by atoms with Crippen LogP contribution < -0.4 is 11.2 Å². The van der Waals surface area contributed by atoms with E-state index in [2.05, 4.69) is 4.98 Å². The van der Waals surface area contributed by atoms with Gasteiger partial charge in [-0.15, -0.1) is 0 Å². The van der Waals surface area contributed by atoms with Crippen molar-refractivity contribution in [2.45, 2.75) is 13.3 Å². The van der Waals surface area contributed by atoms with E-state index < -0.39 is 11.2 Å². The van der Waals surface area contributed by atoms with E-state index in [9.17, 15) is 9.59 Å². The molecule has 0 fully saturated rings. The molecule has 0 spiro atoms. The van der Waals surface area contributed by atoms with Gasteiger partial charge in [-0.25, -0.2) is 4.79 Å². The van der Waals surface area contributed by atoms with Crippen molar-refractivity contribution in [3.8, 4) is 0 Å². The summed E-state index contributed by atoms with van der Waals surface area (Å²) in [5, 5.41) is 0.160. The Kier molecular flexibility index (Phi) is 3.13. The number of fused-ring (bicyclic) bond motifs is 1. The fraction of sp³-hybridized carbons (Fsp3) is 0.364. The average Bonchev–Trinajstić information content (AvgIpc) is 2.68. The van der Waals surface area contributed by atoms with Crippen molar-refractivity contribution in [3.05, 3.63) is 32.2 Å². The molecule has 2 aromatic heterocycles. The third kappa shape index (κ3) is 1.69. The monoisotopic (exact) mass is 268 g/mol. The lowest BCUT2D eigenvalue weighted by atomic mass is 10.4. The van der Waals surface area contributed by atoms with E-state index in [1.807, 2.05) is 13.0 Å². The number of hydrogen-bond acceptors (Lipinski definition) is 3. The zero-order chi connectivity index (χ0) is 13.4. The number of nitrogens with zero attached hydrogens (tertiary/aromatic N) is 4. The molecule has 0 amide bonds. The molecule has 6 nitrogen and oxygen atoms in total. The third-order valence-electron chi connectivity index (χ3n) is 2.74. The maximum atomic E-state index is 12.1. The summed E-state index contributed by atoms with van der Waals surface area (Å²) in [6, 6.07) is 0. The summed E-state index contributed by atoms with van der Waals surface area (Å²) >= 11 is 5.99. The lowest BCUT2D eigenvalue weighted by Crippen LogP contribution is -2.37. The van der Waals surface area contributed by atoms with Crippen molar-refractivity contribution in [1.82, 2.24) is 18.7 Å². The van der Waals surface area contributed by atoms with E-state index in [-0.39, 0.29) is 10.9 Å². The van der Waals surface area contributed by atoms with Crippen LogP contribution in [0, 0.1) is 0 Å². The summed E-state index contributed by atoms with van der Waals surface area (Å²) in [5.74, 6) is 0. The summed E-state index contributed by atoms with van der Waals surface area (Å²) in [6.45, 7) is 1.97. The Hall–Kier alpha value is -1.82. The van der Waals surface area contributed by atoms with Crippen LogP contribution in [0.2, 0.25) is 5.28 Å². The number of allylic oxidation sites excluding steroid dienone is 1. The molecule has 2 aromatic rings. The van der Waals surface area contributed by atoms with Gasteiger partial charge in [0.15, 0.2) is 11.2 Å². The van der Waals surface area contributed by atoms with E-state index >= 15 is 0 Å². The van der Waals surface area contributed by atoms with Gasteiger partial charge in [-0.1, -0.05) is 13.0 Å². The molecule has 0 aliphatic carbocycles. The number of rotatable bonds is 2. The molecule has 18 heavy (non-hydrogen) atoms. The number of hydrogen-bond donors (Lipinski definition) is 0. The SMILES string of the molecule is CC/C=C/n1c(Cl)nc2c1c(=O)n(C)c(=O)n2C. The summed E-state index contributed by atoms with van der Waals surface area (Å²) in [4.78, 5) is 27.9. The molecule has 0 bridgehead atoms. The van der Waals surface area contributed by atoms with Gasteiger partial charge in [-0.05, 0) is 18.0 Å². The molecule has 0 aromatic carbocycles. The van der Waals surface area contributed by atoms with Crippen LogP contribution in [0.3, 0.4) is 0 Å². The maximum Gasteiger partial charge on any atom is 0.332 e. The Morgan fingerprint density at radius 1 is 1.28 bits per heavy atom. The van der Waals surface area contributed by atoms with Gasteiger partial charge >= 0.3 is 5.69 Å². The highest BCUT2D eigenvalue weighted by Gasteiger charge is 2.16. The van der Waals surface area contributed by atoms with Crippen molar-refractivity contribution in [2.24, 2.45) is 14.1 Å². The van der Waals surface area contributed by atoms with Crippen LogP contribution in [0.15, 0.2) is 15.7 Å². The second kappa shape index (κ2) is 4.45. The van der Waals surface area contributed by atoms with Crippen LogP contribution in [0.25, 0.3) is 17.4 Å². The molecule has 7 heteroatoms. The molecule has 0 N–H and O–H groups in total. The summed E-state index contributed by atoms with van der Waals surface area (Å²) < 4.78 is 3.83. The van der Waals surface area contributed by atoms with E-state index in [0.717, 1.165) is 11.0 Å². The smallest absolute Gasteiger partial charge is 0.284 e. The first-order valence-corrected chi connectivity index (χ1v) is 5.87. The van der Waals surface area contributed by atoms with Crippen molar-refractivity contribution < 1.29 is 0 Å². The number of aromatic nitrogens is 4. The van der Waals surface area contributed by atoms with E-state index in [1.54, 1.807) is 13.2 Å². The predicted octanol–water partition coefficient (Wildman–Crippen LogP) is 0.968. The van der Waals surface area contributed by atoms with Crippen LogP contribution in [0.4, 0.5) is 0 Å². The largest absolute Gasteiger partial charge is 0.332 e. The average molecular weight is 269 g/mol. The minimum absolute atomic E-state index is 0.160. The van der Waals surface area contributed by atoms with Crippen LogP contribution in [-0.2, 0) is 14.1 Å². The highest BCUT2D eigenvalue weighted by atomic mass is 35.5. The van der Waals surface area contributed by atoms with Crippen molar-refractivity contribution in [2.75, 3.05) is 0 Å². The van der Waals surface area contributed by atoms with Crippen LogP contribution in [0.5, 0.6) is 0 Å². The second-order valence-electron chi connectivity index (χ2n) is 3.92. The minimum Gasteiger partial charge on any atom is -0.284 e. The normalized spacial score (nSPS) is 11.8. The minimum atomic E-state index is -0.423. The molecule has 0 saturated carbocycles. The van der Waals surface area contributed by atoms with Crippen molar-refractivity contribution in [1.29, 1.82) is 0 Å². The van der Waals surface area contributed by atoms with E-state index in [4.69, 9.17) is 11.6 Å². The second-order valence-corrected chi connectivity index (χ2v) is 4.26. The molecular formula is C11H13ClN4O2. The molecule has 0 saturated heterocycles. The standard InChI is InChI=1S/C11H13ClN4O2/c1-4-5-6-16-7-8(13-10(16)12)14(2)11(18)15(3)9(7)17/h5-6H,4H2,1-3H3/b6-5+. The zero-order valence-corrected chi connectivity index (χ0v) is 11.1. The molecule has 0 aliphatic rings. The van der Waals surface area contributed by atoms with Gasteiger partial charge in [-0.3, -0.25) is 18.5 Å². The molecule has 2 heterocycles. The van der Waals surface area contributed by atoms with Crippen LogP contribution in [0.1, 0.15) is 13.3 Å². The molecule has 0 radical (unpaired) electrons. The molecular weight excluding hydrogens is 256 g/mol. The molecule has 96 valence electrons. The van der Waals surface area contributed by atoms with Crippen LogP contribution >= 0.6 is 11.6 Å². The Morgan fingerprint density at radius 3 is 2.56 bits per heavy atom. The maximum absolute atomic E-state index is 12.1. The first-order valence-electron chi connectivity index (χ1n) is 5.49. The molecule has 0 aliphatic heterocycles. The topological polar surface area (TPSA) is 61.8 Å². The molecule has 0 unspecified atom stereocenters. The predicted molar refractivity (Wildman–Crippen MR) is 70.8 cm³/mol. The Balaban J connectivity index is 2.99. The van der Waals surface area contributed by atoms with E-state index in [1.165, 1.54) is 16.2 Å². The highest BCUT2D eigenvalue weighted by molar-refractivity contribution is 6.29. The lowest BCUT2D eigenvalue weighted by molar-refractivity contribution is 0.708. The highest BCUT2D eigenvalue weighted by Crippen LogP contribution is 2.15. The van der Waals surface area contributed by atoms with Crippen molar-refractivity contribution >= 4 is 29.0 Å². The number of imidazole rings is 1. The molecule has 2 rings (SSSR count). The Labute approximate surface area is 108 Å². The fourth-order valence-corrected chi connectivity index (χ4v) is 1.96. The van der Waals surface area contributed by atoms with Gasteiger partial charge in [0.05, 0.1) is 0 Å². The summed E-state index contributed by atoms with van der Waals surface area (Å²) in [6.07, 6.45) is 4.35. The van der Waals surface area contributed by atoms with Gasteiger partial charge < -0.3 is 0 Å². The van der Waals surface area contributed by atoms with E-state index in [0.29, 0.717) is 5.52 Å². The zero-order valence-electron chi connectivity index (χ0n) is 10.3. The van der Waals surface area contributed by atoms with Gasteiger partial charge in [0.2, 0.25) is 5.28 Å². The fourth-order valence-electron chi connectivity index (χ4n) is 1.73. The molecule has 0 atom stereocenters. The number of halogens is 1. The lowest BCUT2D eigenvalue weighted by Gasteiger charge is -2.03. The van der Waals surface area contributed by atoms with Gasteiger partial charge in [-0.2, -0.15) is 4.98 Å². The Bertz CT molecular complexity index is 751. The van der Waals surface area contributed by atoms with Crippen LogP contribution in [-0.4, -0.2) is 18.7 Å². The van der Waals surface area contributed by atoms with Gasteiger partial charge in [0, 0.05) is 20.3 Å². The quantitative estimate of drug-likeness (QED) is 0.763. The van der Waals surface area contributed by atoms with Gasteiger partial charge in [0.1, 0.15) is 0 Å². The first-order chi connectivity index (χ1) is 8.49.